The molecule has 0 N–H and O–H groups in total. The Balaban J connectivity index is 2.99. The van der Waals surface area contributed by atoms with Crippen LogP contribution in [0.1, 0.15) is 15.9 Å². The molecule has 0 spiro atoms. The first-order valence-corrected chi connectivity index (χ1v) is 5.12. The second-order valence-electron chi connectivity index (χ2n) is 2.86. The van der Waals surface area contributed by atoms with Crippen LogP contribution in [-0.2, 0) is 0 Å². The Hall–Kier alpha value is -1.28. The van der Waals surface area contributed by atoms with Gasteiger partial charge >= 0.3 is 5.92 Å². The molecule has 0 aliphatic carbocycles. The predicted molar refractivity (Wildman–Crippen MR) is 54.2 cm³/mol. The summed E-state index contributed by atoms with van der Waals surface area (Å²) >= 11 is 2.57. The van der Waals surface area contributed by atoms with E-state index in [1.807, 2.05) is 6.07 Å². The second kappa shape index (κ2) is 4.49. The van der Waals surface area contributed by atoms with Gasteiger partial charge in [0, 0.05) is 5.56 Å². The van der Waals surface area contributed by atoms with Crippen LogP contribution in [0.25, 0.3) is 0 Å². The number of nitriles is 1. The predicted octanol–water partition coefficient (Wildman–Crippen LogP) is 2.77. The number of hydrogen-bond acceptors (Lipinski definition) is 2. The molecule has 0 heterocycles. The van der Waals surface area contributed by atoms with Gasteiger partial charge in [0.05, 0.1) is 17.0 Å². The minimum atomic E-state index is -3.41. The van der Waals surface area contributed by atoms with Crippen molar-refractivity contribution in [1.29, 1.82) is 5.26 Å². The van der Waals surface area contributed by atoms with Gasteiger partial charge in [0.2, 0.25) is 5.78 Å². The van der Waals surface area contributed by atoms with Crippen LogP contribution in [0.4, 0.5) is 8.78 Å². The van der Waals surface area contributed by atoms with Crippen molar-refractivity contribution in [3.8, 4) is 6.07 Å². The van der Waals surface area contributed by atoms with E-state index in [9.17, 15) is 13.6 Å². The number of carbonyl (C=O) groups is 1. The van der Waals surface area contributed by atoms with Crippen LogP contribution in [0, 0.1) is 11.3 Å². The van der Waals surface area contributed by atoms with Gasteiger partial charge in [-0.2, -0.15) is 14.0 Å². The molecule has 0 atom stereocenters. The molecule has 5 heteroatoms. The van der Waals surface area contributed by atoms with E-state index in [2.05, 4.69) is 15.9 Å². The fourth-order valence-corrected chi connectivity index (χ4v) is 1.22. The lowest BCUT2D eigenvalue weighted by Crippen LogP contribution is -2.30. The highest BCUT2D eigenvalue weighted by Gasteiger charge is 2.37. The summed E-state index contributed by atoms with van der Waals surface area (Å²) in [6.45, 7) is 0. The Morgan fingerprint density at radius 1 is 1.40 bits per heavy atom. The van der Waals surface area contributed by atoms with Crippen LogP contribution in [-0.4, -0.2) is 17.0 Å². The first-order valence-electron chi connectivity index (χ1n) is 4.00. The summed E-state index contributed by atoms with van der Waals surface area (Å²) in [5.74, 6) is -4.65. The summed E-state index contributed by atoms with van der Waals surface area (Å²) in [5, 5.41) is 7.77. The van der Waals surface area contributed by atoms with E-state index in [-0.39, 0.29) is 5.56 Å². The lowest BCUT2D eigenvalue weighted by atomic mass is 10.1. The third kappa shape index (κ3) is 2.60. The number of benzene rings is 1. The van der Waals surface area contributed by atoms with E-state index in [1.165, 1.54) is 24.3 Å². The van der Waals surface area contributed by atoms with Crippen LogP contribution < -0.4 is 0 Å². The molecule has 1 aromatic rings. The minimum absolute atomic E-state index is 0.0987. The molecular weight excluding hydrogens is 268 g/mol. The highest BCUT2D eigenvalue weighted by Crippen LogP contribution is 2.22. The molecule has 0 saturated carbocycles. The van der Waals surface area contributed by atoms with Crippen molar-refractivity contribution < 1.29 is 13.6 Å². The van der Waals surface area contributed by atoms with Crippen LogP contribution in [0.5, 0.6) is 0 Å². The molecule has 0 amide bonds. The van der Waals surface area contributed by atoms with Crippen molar-refractivity contribution in [3.63, 3.8) is 0 Å². The molecule has 0 aliphatic rings. The largest absolute Gasteiger partial charge is 0.319 e. The highest BCUT2D eigenvalue weighted by molar-refractivity contribution is 9.09. The molecule has 1 aromatic carbocycles. The van der Waals surface area contributed by atoms with Gasteiger partial charge in [-0.1, -0.05) is 15.9 Å². The molecule has 0 aliphatic heterocycles. The van der Waals surface area contributed by atoms with E-state index >= 15 is 0 Å². The first kappa shape index (κ1) is 11.8. The van der Waals surface area contributed by atoms with E-state index in [0.29, 0.717) is 5.56 Å². The molecule has 0 fully saturated rings. The average Bonchev–Trinajstić information content (AvgIpc) is 2.28. The van der Waals surface area contributed by atoms with Gasteiger partial charge < -0.3 is 0 Å². The lowest BCUT2D eigenvalue weighted by Gasteiger charge is -2.11. The number of nitrogens with zero attached hydrogens (tertiary/aromatic N) is 1. The summed E-state index contributed by atoms with van der Waals surface area (Å²) < 4.78 is 25.9. The molecule has 0 saturated heterocycles. The van der Waals surface area contributed by atoms with Gasteiger partial charge in [0.25, 0.3) is 0 Å². The monoisotopic (exact) mass is 273 g/mol. The zero-order chi connectivity index (χ0) is 11.5. The molecule has 78 valence electrons. The normalized spacial score (nSPS) is 10.8. The van der Waals surface area contributed by atoms with Crippen molar-refractivity contribution in [1.82, 2.24) is 0 Å². The van der Waals surface area contributed by atoms with Crippen LogP contribution in [0.2, 0.25) is 0 Å². The molecule has 15 heavy (non-hydrogen) atoms. The average molecular weight is 274 g/mol. The molecular formula is C10H6BrF2NO. The van der Waals surface area contributed by atoms with Gasteiger partial charge in [-0.15, -0.1) is 0 Å². The van der Waals surface area contributed by atoms with Gasteiger partial charge in [0.15, 0.2) is 0 Å². The van der Waals surface area contributed by atoms with Crippen molar-refractivity contribution in [2.75, 3.05) is 5.33 Å². The van der Waals surface area contributed by atoms with Gasteiger partial charge in [-0.3, -0.25) is 4.79 Å². The summed E-state index contributed by atoms with van der Waals surface area (Å²) in [7, 11) is 0. The SMILES string of the molecule is N#Cc1ccc(C(=O)C(F)(F)CBr)cc1. The van der Waals surface area contributed by atoms with Gasteiger partial charge in [-0.05, 0) is 24.3 Å². The lowest BCUT2D eigenvalue weighted by molar-refractivity contribution is 0.0257. The number of carbonyl (C=O) groups excluding carboxylic acids is 1. The fourth-order valence-electron chi connectivity index (χ4n) is 0.968. The number of hydrogen-bond donors (Lipinski definition) is 0. The van der Waals surface area contributed by atoms with Crippen LogP contribution >= 0.6 is 15.9 Å². The number of halogens is 3. The van der Waals surface area contributed by atoms with E-state index in [1.54, 1.807) is 0 Å². The number of Topliss-reactive ketones (excluding diaryl/α,β-unsaturated/α-hetero) is 1. The Kier molecular flexibility index (Phi) is 3.53. The molecule has 0 bridgehead atoms. The highest BCUT2D eigenvalue weighted by atomic mass is 79.9. The topological polar surface area (TPSA) is 40.9 Å². The zero-order valence-electron chi connectivity index (χ0n) is 7.51. The Bertz CT molecular complexity index is 408. The van der Waals surface area contributed by atoms with Crippen LogP contribution in [0.15, 0.2) is 24.3 Å². The molecule has 2 nitrogen and oxygen atoms in total. The minimum Gasteiger partial charge on any atom is -0.287 e. The van der Waals surface area contributed by atoms with E-state index < -0.39 is 17.0 Å². The first-order chi connectivity index (χ1) is 7.01. The van der Waals surface area contributed by atoms with Crippen molar-refractivity contribution in [2.45, 2.75) is 5.92 Å². The Morgan fingerprint density at radius 3 is 2.33 bits per heavy atom. The summed E-state index contributed by atoms with van der Waals surface area (Å²) in [4.78, 5) is 11.2. The maximum atomic E-state index is 13.0. The Labute approximate surface area is 93.6 Å². The van der Waals surface area contributed by atoms with Crippen LogP contribution in [0.3, 0.4) is 0 Å². The molecule has 0 radical (unpaired) electrons. The van der Waals surface area contributed by atoms with E-state index in [0.717, 1.165) is 0 Å². The summed E-state index contributed by atoms with van der Waals surface area (Å²) in [6.07, 6.45) is 0. The summed E-state index contributed by atoms with van der Waals surface area (Å²) in [5.41, 5.74) is 0.229. The Morgan fingerprint density at radius 2 is 1.93 bits per heavy atom. The fraction of sp³-hybridized carbons (Fsp3) is 0.200. The van der Waals surface area contributed by atoms with Crippen molar-refractivity contribution in [3.05, 3.63) is 35.4 Å². The molecule has 0 aromatic heterocycles. The standard InChI is InChI=1S/C10H6BrF2NO/c11-6-10(12,13)9(15)8-3-1-7(5-14)2-4-8/h1-4H,6H2. The molecule has 0 unspecified atom stereocenters. The maximum absolute atomic E-state index is 13.0. The quantitative estimate of drug-likeness (QED) is 0.628. The second-order valence-corrected chi connectivity index (χ2v) is 3.42. The molecule has 1 rings (SSSR count). The third-order valence-electron chi connectivity index (χ3n) is 1.78. The maximum Gasteiger partial charge on any atom is 0.319 e. The van der Waals surface area contributed by atoms with Gasteiger partial charge in [0.1, 0.15) is 0 Å². The third-order valence-corrected chi connectivity index (χ3v) is 2.48. The number of ketones is 1. The smallest absolute Gasteiger partial charge is 0.287 e. The van der Waals surface area contributed by atoms with Gasteiger partial charge in [-0.25, -0.2) is 0 Å². The zero-order valence-corrected chi connectivity index (χ0v) is 9.09. The van der Waals surface area contributed by atoms with Crippen molar-refractivity contribution in [2.24, 2.45) is 0 Å². The van der Waals surface area contributed by atoms with Crippen molar-refractivity contribution >= 4 is 21.7 Å². The summed E-state index contributed by atoms with van der Waals surface area (Å²) in [6, 6.07) is 6.94. The van der Waals surface area contributed by atoms with E-state index in [4.69, 9.17) is 5.26 Å². The number of alkyl halides is 3. The number of rotatable bonds is 3.